The molecule has 0 unspecified atom stereocenters. The number of aliphatic imine (C=N–C) groups is 1. The Morgan fingerprint density at radius 2 is 2.21 bits per heavy atom. The summed E-state index contributed by atoms with van der Waals surface area (Å²) in [6.07, 6.45) is 3.19. The molecular weight excluding hydrogens is 268 g/mol. The molecule has 3 nitrogen and oxygen atoms in total. The third-order valence-corrected chi connectivity index (χ3v) is 3.43. The molecule has 0 fully saturated rings. The predicted octanol–water partition coefficient (Wildman–Crippen LogP) is 3.56. The number of thioether (sulfide) groups is 1. The van der Waals surface area contributed by atoms with Crippen LogP contribution < -0.4 is 0 Å². The molecule has 0 aliphatic carbocycles. The second-order valence-corrected chi connectivity index (χ2v) is 5.04. The van der Waals surface area contributed by atoms with E-state index in [0.29, 0.717) is 0 Å². The van der Waals surface area contributed by atoms with Crippen LogP contribution in [0.1, 0.15) is 12.6 Å². The van der Waals surface area contributed by atoms with E-state index < -0.39 is 11.6 Å². The number of hydrogen-bond donors (Lipinski definition) is 0. The van der Waals surface area contributed by atoms with Crippen LogP contribution in [0, 0.1) is 11.6 Å². The maximum Gasteiger partial charge on any atom is 0.168 e. The summed E-state index contributed by atoms with van der Waals surface area (Å²) in [7, 11) is 1.87. The Morgan fingerprint density at radius 3 is 2.89 bits per heavy atom. The largest absolute Gasteiger partial charge is 0.321 e. The minimum atomic E-state index is -0.679. The van der Waals surface area contributed by atoms with Gasteiger partial charge in [0, 0.05) is 13.1 Å². The zero-order valence-electron chi connectivity index (χ0n) is 10.6. The molecule has 1 aromatic carbocycles. The van der Waals surface area contributed by atoms with E-state index in [0.717, 1.165) is 22.7 Å². The van der Waals surface area contributed by atoms with Crippen molar-refractivity contribution in [3.63, 3.8) is 0 Å². The van der Waals surface area contributed by atoms with E-state index in [9.17, 15) is 8.78 Å². The minimum Gasteiger partial charge on any atom is -0.321 e. The molecule has 2 aromatic rings. The van der Waals surface area contributed by atoms with Crippen LogP contribution in [0.2, 0.25) is 0 Å². The maximum absolute atomic E-state index is 13.4. The van der Waals surface area contributed by atoms with Gasteiger partial charge in [0.2, 0.25) is 0 Å². The van der Waals surface area contributed by atoms with E-state index in [1.165, 1.54) is 18.3 Å². The van der Waals surface area contributed by atoms with Crippen LogP contribution >= 0.6 is 11.8 Å². The van der Waals surface area contributed by atoms with Gasteiger partial charge in [-0.15, -0.1) is 0 Å². The van der Waals surface area contributed by atoms with Gasteiger partial charge >= 0.3 is 0 Å². The molecule has 100 valence electrons. The van der Waals surface area contributed by atoms with Crippen LogP contribution in [0.3, 0.4) is 0 Å². The normalized spacial score (nSPS) is 11.4. The zero-order chi connectivity index (χ0) is 13.8. The molecule has 0 radical (unpaired) electrons. The second kappa shape index (κ2) is 5.97. The highest BCUT2D eigenvalue weighted by molar-refractivity contribution is 7.99. The molecule has 2 rings (SSSR count). The van der Waals surface area contributed by atoms with E-state index in [4.69, 9.17) is 0 Å². The molecule has 0 amide bonds. The zero-order valence-corrected chi connectivity index (χ0v) is 11.4. The Labute approximate surface area is 114 Å². The molecule has 0 saturated heterocycles. The first-order valence-electron chi connectivity index (χ1n) is 5.75. The van der Waals surface area contributed by atoms with Crippen molar-refractivity contribution in [1.82, 2.24) is 9.55 Å². The van der Waals surface area contributed by atoms with Crippen LogP contribution in [-0.4, -0.2) is 21.5 Å². The lowest BCUT2D eigenvalue weighted by atomic mass is 10.3. The lowest BCUT2D eigenvalue weighted by molar-refractivity contribution is 0.585. The quantitative estimate of drug-likeness (QED) is 0.633. The molecule has 0 atom stereocenters. The van der Waals surface area contributed by atoms with Crippen LogP contribution in [-0.2, 0) is 7.05 Å². The Kier molecular flexibility index (Phi) is 4.31. The minimum absolute atomic E-state index is 0.104. The smallest absolute Gasteiger partial charge is 0.168 e. The molecule has 0 N–H and O–H groups in total. The molecule has 0 spiro atoms. The van der Waals surface area contributed by atoms with Crippen molar-refractivity contribution in [2.45, 2.75) is 12.1 Å². The van der Waals surface area contributed by atoms with Gasteiger partial charge in [0.15, 0.2) is 11.0 Å². The molecule has 19 heavy (non-hydrogen) atoms. The third kappa shape index (κ3) is 3.20. The second-order valence-electron chi connectivity index (χ2n) is 3.81. The van der Waals surface area contributed by atoms with Gasteiger partial charge in [-0.1, -0.05) is 18.7 Å². The number of imidazole rings is 1. The van der Waals surface area contributed by atoms with Gasteiger partial charge in [-0.3, -0.25) is 4.99 Å². The first-order chi connectivity index (χ1) is 9.11. The van der Waals surface area contributed by atoms with Crippen molar-refractivity contribution >= 4 is 23.7 Å². The van der Waals surface area contributed by atoms with Crippen molar-refractivity contribution in [2.24, 2.45) is 12.0 Å². The van der Waals surface area contributed by atoms with Crippen molar-refractivity contribution in [3.8, 4) is 0 Å². The van der Waals surface area contributed by atoms with Gasteiger partial charge in [-0.05, 0) is 17.9 Å². The number of halogens is 2. The Bertz CT molecular complexity index is 608. The van der Waals surface area contributed by atoms with E-state index in [1.807, 2.05) is 18.5 Å². The summed E-state index contributed by atoms with van der Waals surface area (Å²) in [6.45, 7) is 2.04. The monoisotopic (exact) mass is 281 g/mol. The Morgan fingerprint density at radius 1 is 1.42 bits per heavy atom. The molecule has 0 saturated carbocycles. The Balaban J connectivity index is 2.23. The van der Waals surface area contributed by atoms with Crippen molar-refractivity contribution in [3.05, 3.63) is 41.7 Å². The summed E-state index contributed by atoms with van der Waals surface area (Å²) in [5.41, 5.74) is 0.868. The topological polar surface area (TPSA) is 30.2 Å². The summed E-state index contributed by atoms with van der Waals surface area (Å²) < 4.78 is 28.0. The third-order valence-electron chi connectivity index (χ3n) is 2.50. The summed E-state index contributed by atoms with van der Waals surface area (Å²) in [5.74, 6) is -0.367. The van der Waals surface area contributed by atoms with E-state index >= 15 is 0 Å². The number of hydrogen-bond acceptors (Lipinski definition) is 3. The molecule has 6 heteroatoms. The van der Waals surface area contributed by atoms with Gasteiger partial charge in [0.25, 0.3) is 0 Å². The number of benzene rings is 1. The highest BCUT2D eigenvalue weighted by atomic mass is 32.2. The van der Waals surface area contributed by atoms with Gasteiger partial charge < -0.3 is 4.57 Å². The highest BCUT2D eigenvalue weighted by Crippen LogP contribution is 2.19. The predicted molar refractivity (Wildman–Crippen MR) is 73.2 cm³/mol. The van der Waals surface area contributed by atoms with Crippen LogP contribution in [0.25, 0.3) is 0 Å². The molecule has 1 heterocycles. The first-order valence-corrected chi connectivity index (χ1v) is 6.74. The van der Waals surface area contributed by atoms with E-state index in [2.05, 4.69) is 9.98 Å². The summed E-state index contributed by atoms with van der Waals surface area (Å²) in [4.78, 5) is 8.25. The van der Waals surface area contributed by atoms with Crippen molar-refractivity contribution in [1.29, 1.82) is 0 Å². The van der Waals surface area contributed by atoms with Crippen LogP contribution in [0.15, 0.2) is 34.5 Å². The van der Waals surface area contributed by atoms with Gasteiger partial charge in [-0.25, -0.2) is 13.8 Å². The fourth-order valence-corrected chi connectivity index (χ4v) is 2.19. The number of aromatic nitrogens is 2. The van der Waals surface area contributed by atoms with Crippen LogP contribution in [0.4, 0.5) is 14.5 Å². The number of rotatable bonds is 4. The molecular formula is C13H13F2N3S. The summed E-state index contributed by atoms with van der Waals surface area (Å²) in [6, 6.07) is 3.30. The van der Waals surface area contributed by atoms with Crippen molar-refractivity contribution in [2.75, 3.05) is 5.75 Å². The molecule has 1 aromatic heterocycles. The van der Waals surface area contributed by atoms with Crippen molar-refractivity contribution < 1.29 is 8.78 Å². The standard InChI is InChI=1S/C13H13F2N3S/c1-3-19-13-17-8-10(18(13)2)7-16-12-5-4-9(14)6-11(12)15/h4-8H,3H2,1-2H3. The van der Waals surface area contributed by atoms with Gasteiger partial charge in [-0.2, -0.15) is 0 Å². The fraction of sp³-hybridized carbons (Fsp3) is 0.231. The van der Waals surface area contributed by atoms with Gasteiger partial charge in [0.1, 0.15) is 5.82 Å². The Hall–Kier alpha value is -1.69. The fourth-order valence-electron chi connectivity index (χ4n) is 1.51. The molecule has 0 aliphatic heterocycles. The van der Waals surface area contributed by atoms with E-state index in [1.54, 1.807) is 18.0 Å². The average Bonchev–Trinajstić information content (AvgIpc) is 2.71. The van der Waals surface area contributed by atoms with Gasteiger partial charge in [0.05, 0.1) is 23.8 Å². The lowest BCUT2D eigenvalue weighted by Gasteiger charge is -2.00. The molecule has 0 aliphatic rings. The van der Waals surface area contributed by atoms with E-state index in [-0.39, 0.29) is 5.69 Å². The number of nitrogens with zero attached hydrogens (tertiary/aromatic N) is 3. The first kappa shape index (κ1) is 13.7. The molecule has 0 bridgehead atoms. The lowest BCUT2D eigenvalue weighted by Crippen LogP contribution is -1.96. The van der Waals surface area contributed by atoms with Crippen LogP contribution in [0.5, 0.6) is 0 Å². The average molecular weight is 281 g/mol. The summed E-state index contributed by atoms with van der Waals surface area (Å²) in [5, 5.41) is 0.878. The maximum atomic E-state index is 13.4. The SMILES string of the molecule is CCSc1ncc(C=Nc2ccc(F)cc2F)n1C. The highest BCUT2D eigenvalue weighted by Gasteiger charge is 2.05. The summed E-state index contributed by atoms with van der Waals surface area (Å²) >= 11 is 1.62.